The zero-order valence-electron chi connectivity index (χ0n) is 16.1. The maximum absolute atomic E-state index is 11.7. The quantitative estimate of drug-likeness (QED) is 0.740. The van der Waals surface area contributed by atoms with Crippen molar-refractivity contribution >= 4 is 10.1 Å². The average molecular weight is 420 g/mol. The summed E-state index contributed by atoms with van der Waals surface area (Å²) in [5, 5.41) is 10.8. The molecule has 1 aliphatic carbocycles. The second kappa shape index (κ2) is 8.14. The Labute approximate surface area is 170 Å². The highest BCUT2D eigenvalue weighted by molar-refractivity contribution is 7.86. The van der Waals surface area contributed by atoms with Gasteiger partial charge >= 0.3 is 0 Å². The molecule has 0 unspecified atom stereocenters. The van der Waals surface area contributed by atoms with Gasteiger partial charge in [-0.3, -0.25) is 4.18 Å². The minimum atomic E-state index is -3.81. The van der Waals surface area contributed by atoms with Crippen LogP contribution in [0.25, 0.3) is 0 Å². The Balaban J connectivity index is 1.71. The molecule has 7 atom stereocenters. The first kappa shape index (κ1) is 20.5. The number of ether oxygens (including phenoxy) is 3. The first-order valence-electron chi connectivity index (χ1n) is 9.39. The highest BCUT2D eigenvalue weighted by atomic mass is 32.2. The molecule has 0 bridgehead atoms. The molecule has 0 spiro atoms. The molecule has 29 heavy (non-hydrogen) atoms. The third-order valence-corrected chi connectivity index (χ3v) is 5.91. The lowest BCUT2D eigenvalue weighted by Gasteiger charge is -2.41. The molecular formula is C21H24O7S. The number of aliphatic hydroxyl groups excluding tert-OH is 1. The molecule has 1 saturated heterocycles. The van der Waals surface area contributed by atoms with Crippen LogP contribution >= 0.6 is 0 Å². The summed E-state index contributed by atoms with van der Waals surface area (Å²) in [6.07, 6.45) is -4.61. The Kier molecular flexibility index (Phi) is 5.74. The van der Waals surface area contributed by atoms with Crippen molar-refractivity contribution in [2.45, 2.75) is 42.7 Å². The van der Waals surface area contributed by atoms with Gasteiger partial charge in [0, 0.05) is 7.11 Å². The van der Waals surface area contributed by atoms with E-state index in [9.17, 15) is 13.5 Å². The van der Waals surface area contributed by atoms with Crippen LogP contribution in [0.5, 0.6) is 0 Å². The molecule has 2 aromatic rings. The summed E-state index contributed by atoms with van der Waals surface area (Å²) < 4.78 is 46.7. The van der Waals surface area contributed by atoms with Crippen molar-refractivity contribution in [1.29, 1.82) is 0 Å². The molecule has 4 rings (SSSR count). The zero-order valence-corrected chi connectivity index (χ0v) is 16.9. The van der Waals surface area contributed by atoms with Gasteiger partial charge in [0.25, 0.3) is 10.1 Å². The van der Waals surface area contributed by atoms with Crippen LogP contribution in [0.3, 0.4) is 0 Å². The number of hydrogen-bond acceptors (Lipinski definition) is 7. The molecule has 0 aromatic heterocycles. The largest absolute Gasteiger partial charge is 0.387 e. The monoisotopic (exact) mass is 420 g/mol. The van der Waals surface area contributed by atoms with E-state index in [-0.39, 0.29) is 0 Å². The molecule has 2 aromatic carbocycles. The molecule has 156 valence electrons. The minimum Gasteiger partial charge on any atom is -0.387 e. The number of rotatable bonds is 5. The fourth-order valence-corrected chi connectivity index (χ4v) is 4.74. The highest BCUT2D eigenvalue weighted by Crippen LogP contribution is 2.47. The van der Waals surface area contributed by atoms with Crippen molar-refractivity contribution in [3.8, 4) is 0 Å². The van der Waals surface area contributed by atoms with Crippen LogP contribution in [0.4, 0.5) is 0 Å². The molecule has 1 saturated carbocycles. The second-order valence-electron chi connectivity index (χ2n) is 7.32. The molecule has 2 aliphatic rings. The Bertz CT molecular complexity index is 919. The first-order valence-corrected chi connectivity index (χ1v) is 11.2. The fourth-order valence-electron chi connectivity index (χ4n) is 4.12. The lowest BCUT2D eigenvalue weighted by atomic mass is 9.95. The minimum absolute atomic E-state index is 0.457. The van der Waals surface area contributed by atoms with Crippen LogP contribution in [0.2, 0.25) is 0 Å². The number of hydrogen-bond donors (Lipinski definition) is 1. The second-order valence-corrected chi connectivity index (χ2v) is 8.92. The van der Waals surface area contributed by atoms with E-state index in [1.54, 1.807) is 0 Å². The van der Waals surface area contributed by atoms with Crippen molar-refractivity contribution in [1.82, 2.24) is 0 Å². The van der Waals surface area contributed by atoms with Gasteiger partial charge in [-0.25, -0.2) is 0 Å². The van der Waals surface area contributed by atoms with Crippen molar-refractivity contribution in [2.75, 3.05) is 13.4 Å². The van der Waals surface area contributed by atoms with Gasteiger partial charge in [-0.15, -0.1) is 0 Å². The zero-order chi connectivity index (χ0) is 20.6. The summed E-state index contributed by atoms with van der Waals surface area (Å²) in [5.41, 5.74) is 1.81. The predicted molar refractivity (Wildman–Crippen MR) is 105 cm³/mol. The number of benzene rings is 2. The van der Waals surface area contributed by atoms with E-state index in [0.29, 0.717) is 0 Å². The van der Waals surface area contributed by atoms with Crippen LogP contribution in [-0.4, -0.2) is 57.4 Å². The maximum Gasteiger partial charge on any atom is 0.264 e. The molecule has 8 heteroatoms. The van der Waals surface area contributed by atoms with Gasteiger partial charge in [-0.2, -0.15) is 8.42 Å². The lowest BCUT2D eigenvalue weighted by Crippen LogP contribution is -2.46. The third-order valence-electron chi connectivity index (χ3n) is 5.34. The van der Waals surface area contributed by atoms with Crippen LogP contribution in [-0.2, 0) is 28.5 Å². The van der Waals surface area contributed by atoms with Crippen molar-refractivity contribution < 1.29 is 31.9 Å². The van der Waals surface area contributed by atoms with Crippen LogP contribution < -0.4 is 0 Å². The SMILES string of the molecule is CO[C@H]1[C@@H]2O[C@H](c3ccccc3)[C@@H](c3ccccc3)O[C@@H]2[C@@H](O)[C@@H]1OS(C)(=O)=O. The highest BCUT2D eigenvalue weighted by Gasteiger charge is 2.58. The van der Waals surface area contributed by atoms with Crippen molar-refractivity contribution in [3.05, 3.63) is 71.8 Å². The molecule has 2 fully saturated rings. The topological polar surface area (TPSA) is 91.3 Å². The van der Waals surface area contributed by atoms with Gasteiger partial charge in [-0.1, -0.05) is 60.7 Å². The van der Waals surface area contributed by atoms with Gasteiger partial charge < -0.3 is 19.3 Å². The van der Waals surface area contributed by atoms with E-state index in [0.717, 1.165) is 17.4 Å². The van der Waals surface area contributed by atoms with Gasteiger partial charge in [0.1, 0.15) is 42.7 Å². The van der Waals surface area contributed by atoms with Gasteiger partial charge in [-0.05, 0) is 11.1 Å². The maximum atomic E-state index is 11.7. The lowest BCUT2D eigenvalue weighted by molar-refractivity contribution is -0.244. The molecule has 0 amide bonds. The Morgan fingerprint density at radius 3 is 1.76 bits per heavy atom. The molecule has 1 aliphatic heterocycles. The van der Waals surface area contributed by atoms with E-state index >= 15 is 0 Å². The first-order chi connectivity index (χ1) is 13.9. The molecular weight excluding hydrogens is 396 g/mol. The summed E-state index contributed by atoms with van der Waals surface area (Å²) in [6, 6.07) is 19.2. The fraction of sp³-hybridized carbons (Fsp3) is 0.429. The third kappa shape index (κ3) is 4.09. The average Bonchev–Trinajstić information content (AvgIpc) is 2.97. The van der Waals surface area contributed by atoms with E-state index in [1.807, 2.05) is 60.7 Å². The summed E-state index contributed by atoms with van der Waals surface area (Å²) in [7, 11) is -2.38. The number of aliphatic hydroxyl groups is 1. The van der Waals surface area contributed by atoms with Crippen LogP contribution in [0.1, 0.15) is 23.3 Å². The summed E-state index contributed by atoms with van der Waals surface area (Å²) in [6.45, 7) is 0. The predicted octanol–water partition coefficient (Wildman–Crippen LogP) is 1.99. The summed E-state index contributed by atoms with van der Waals surface area (Å²) >= 11 is 0. The molecule has 1 N–H and O–H groups in total. The normalized spacial score (nSPS) is 34.7. The standard InChI is InChI=1S/C21H24O7S/c1-25-20-19(28-29(2,23)24)15(22)18-21(20)27-17(14-11-7-4-8-12-14)16(26-18)13-9-5-3-6-10-13/h3-12,15-22H,1-2H3/t15-,16-,17-,18-,19+,20-,21-/m1/s1. The van der Waals surface area contributed by atoms with Crippen molar-refractivity contribution in [2.24, 2.45) is 0 Å². The van der Waals surface area contributed by atoms with E-state index in [1.165, 1.54) is 7.11 Å². The Hall–Kier alpha value is -1.81. The van der Waals surface area contributed by atoms with E-state index in [2.05, 4.69) is 0 Å². The smallest absolute Gasteiger partial charge is 0.264 e. The van der Waals surface area contributed by atoms with Crippen LogP contribution in [0.15, 0.2) is 60.7 Å². The van der Waals surface area contributed by atoms with Gasteiger partial charge in [0.15, 0.2) is 0 Å². The summed E-state index contributed by atoms with van der Waals surface area (Å²) in [4.78, 5) is 0. The van der Waals surface area contributed by atoms with Gasteiger partial charge in [0.05, 0.1) is 6.26 Å². The van der Waals surface area contributed by atoms with E-state index in [4.69, 9.17) is 18.4 Å². The molecule has 0 radical (unpaired) electrons. The van der Waals surface area contributed by atoms with Gasteiger partial charge in [0.2, 0.25) is 0 Å². The molecule has 1 heterocycles. The van der Waals surface area contributed by atoms with Crippen LogP contribution in [0, 0.1) is 0 Å². The number of methoxy groups -OCH3 is 1. The van der Waals surface area contributed by atoms with E-state index < -0.39 is 52.8 Å². The Morgan fingerprint density at radius 1 is 0.828 bits per heavy atom. The molecule has 7 nitrogen and oxygen atoms in total. The number of fused-ring (bicyclic) bond motifs is 1. The summed E-state index contributed by atoms with van der Waals surface area (Å²) in [5.74, 6) is 0. The Morgan fingerprint density at radius 2 is 1.31 bits per heavy atom. The van der Waals surface area contributed by atoms with Crippen molar-refractivity contribution in [3.63, 3.8) is 0 Å².